The topological polar surface area (TPSA) is 57.5 Å². The van der Waals surface area contributed by atoms with Crippen LogP contribution in [0.1, 0.15) is 9.67 Å². The molecule has 2 heterocycles. The molecule has 2 aromatic heterocycles. The minimum absolute atomic E-state index is 0.472. The molecule has 0 saturated heterocycles. The van der Waals surface area contributed by atoms with Crippen molar-refractivity contribution in [2.45, 2.75) is 0 Å². The van der Waals surface area contributed by atoms with Crippen LogP contribution in [0.25, 0.3) is 0 Å². The van der Waals surface area contributed by atoms with Gasteiger partial charge in [0.1, 0.15) is 0 Å². The van der Waals surface area contributed by atoms with Crippen LogP contribution in [-0.2, 0) is 0 Å². The van der Waals surface area contributed by atoms with Gasteiger partial charge < -0.3 is 10.0 Å². The number of aldehydes is 1. The van der Waals surface area contributed by atoms with E-state index >= 15 is 0 Å². The zero-order chi connectivity index (χ0) is 12.8. The van der Waals surface area contributed by atoms with Crippen molar-refractivity contribution < 1.29 is 14.8 Å². The Morgan fingerprint density at radius 3 is 2.18 bits per heavy atom. The minimum atomic E-state index is -1.39. The highest BCUT2D eigenvalue weighted by molar-refractivity contribution is 9.11. The summed E-state index contributed by atoms with van der Waals surface area (Å²) in [6, 6.07) is 6.84. The van der Waals surface area contributed by atoms with Gasteiger partial charge in [0.25, 0.3) is 0 Å². The molecule has 0 amide bonds. The molecular weight excluding hydrogens is 346 g/mol. The highest BCUT2D eigenvalue weighted by Crippen LogP contribution is 2.19. The molecule has 2 rings (SSSR count). The van der Waals surface area contributed by atoms with E-state index in [0.717, 1.165) is 26.3 Å². The first-order valence-electron chi connectivity index (χ1n) is 4.35. The van der Waals surface area contributed by atoms with Crippen LogP contribution >= 0.6 is 50.2 Å². The smallest absolute Gasteiger partial charge is 0.423 e. The third-order valence-corrected chi connectivity index (χ3v) is 4.38. The lowest BCUT2D eigenvalue weighted by molar-refractivity contribution is 0.112. The predicted octanol–water partition coefficient (Wildman–Crippen LogP) is 2.40. The van der Waals surface area contributed by atoms with Gasteiger partial charge in [-0.15, -0.1) is 22.7 Å². The number of hydrogen-bond acceptors (Lipinski definition) is 5. The molecule has 0 aliphatic heterocycles. The van der Waals surface area contributed by atoms with Crippen molar-refractivity contribution in [3.05, 3.63) is 37.3 Å². The summed E-state index contributed by atoms with van der Waals surface area (Å²) in [4.78, 5) is 10.8. The lowest BCUT2D eigenvalue weighted by atomic mass is 9.90. The first-order chi connectivity index (χ1) is 8.02. The van der Waals surface area contributed by atoms with E-state index in [1.165, 1.54) is 11.3 Å². The van der Waals surface area contributed by atoms with Gasteiger partial charge in [-0.3, -0.25) is 4.79 Å². The molecule has 90 valence electrons. The van der Waals surface area contributed by atoms with Crippen LogP contribution < -0.4 is 4.78 Å². The van der Waals surface area contributed by atoms with Gasteiger partial charge in [-0.2, -0.15) is 0 Å². The number of rotatable bonds is 2. The maximum atomic E-state index is 10.0. The lowest BCUT2D eigenvalue weighted by Crippen LogP contribution is -2.26. The van der Waals surface area contributed by atoms with E-state index in [4.69, 9.17) is 21.6 Å². The fourth-order valence-corrected chi connectivity index (χ4v) is 3.03. The van der Waals surface area contributed by atoms with Crippen LogP contribution in [0.5, 0.6) is 0 Å². The zero-order valence-electron chi connectivity index (χ0n) is 8.34. The van der Waals surface area contributed by atoms with Gasteiger partial charge >= 0.3 is 7.12 Å². The van der Waals surface area contributed by atoms with Gasteiger partial charge in [-0.1, -0.05) is 17.7 Å². The highest BCUT2D eigenvalue weighted by Gasteiger charge is 2.12. The predicted molar refractivity (Wildman–Crippen MR) is 76.6 cm³/mol. The maximum absolute atomic E-state index is 10.0. The quantitative estimate of drug-likeness (QED) is 0.644. The van der Waals surface area contributed by atoms with Crippen molar-refractivity contribution in [3.63, 3.8) is 0 Å². The van der Waals surface area contributed by atoms with E-state index in [1.807, 2.05) is 6.07 Å². The first-order valence-corrected chi connectivity index (χ1v) is 7.15. The average molecular weight is 353 g/mol. The molecule has 17 heavy (non-hydrogen) atoms. The Kier molecular flexibility index (Phi) is 6.39. The normalized spacial score (nSPS) is 9.41. The van der Waals surface area contributed by atoms with Crippen molar-refractivity contribution in [1.82, 2.24) is 0 Å². The molecule has 3 nitrogen and oxygen atoms in total. The second-order valence-corrected chi connectivity index (χ2v) is 7.02. The summed E-state index contributed by atoms with van der Waals surface area (Å²) in [5, 5.41) is 17.1. The number of carbonyl (C=O) groups excluding carboxylic acids is 1. The van der Waals surface area contributed by atoms with Crippen LogP contribution in [0.15, 0.2) is 28.1 Å². The Morgan fingerprint density at radius 2 is 1.94 bits per heavy atom. The first kappa shape index (κ1) is 14.9. The molecule has 8 heteroatoms. The minimum Gasteiger partial charge on any atom is -0.423 e. The van der Waals surface area contributed by atoms with E-state index in [-0.39, 0.29) is 0 Å². The van der Waals surface area contributed by atoms with Gasteiger partial charge in [0.15, 0.2) is 6.29 Å². The molecule has 0 fully saturated rings. The molecule has 0 aliphatic carbocycles. The van der Waals surface area contributed by atoms with E-state index in [0.29, 0.717) is 9.11 Å². The largest absolute Gasteiger partial charge is 0.499 e. The van der Waals surface area contributed by atoms with Crippen molar-refractivity contribution in [1.29, 1.82) is 0 Å². The Morgan fingerprint density at radius 1 is 1.24 bits per heavy atom. The summed E-state index contributed by atoms with van der Waals surface area (Å²) in [5.74, 6) is 0. The summed E-state index contributed by atoms with van der Waals surface area (Å²) in [6.07, 6.45) is 0.843. The molecule has 0 saturated carbocycles. The molecule has 0 unspecified atom stereocenters. The van der Waals surface area contributed by atoms with E-state index in [9.17, 15) is 4.79 Å². The summed E-state index contributed by atoms with van der Waals surface area (Å²) >= 11 is 11.3. The third kappa shape index (κ3) is 5.33. The molecule has 0 aliphatic rings. The number of hydrogen-bond donors (Lipinski definition) is 2. The van der Waals surface area contributed by atoms with Gasteiger partial charge in [0, 0.05) is 4.78 Å². The van der Waals surface area contributed by atoms with Gasteiger partial charge in [0.05, 0.1) is 13.0 Å². The Labute approximate surface area is 120 Å². The van der Waals surface area contributed by atoms with E-state index in [1.54, 1.807) is 18.2 Å². The number of thiophene rings is 2. The van der Waals surface area contributed by atoms with E-state index < -0.39 is 7.12 Å². The highest BCUT2D eigenvalue weighted by atomic mass is 79.9. The average Bonchev–Trinajstić information content (AvgIpc) is 2.88. The van der Waals surface area contributed by atoms with Crippen LogP contribution in [-0.4, -0.2) is 23.5 Å². The van der Waals surface area contributed by atoms with Crippen LogP contribution in [0.3, 0.4) is 0 Å². The molecule has 2 aromatic rings. The molecule has 0 radical (unpaired) electrons. The summed E-state index contributed by atoms with van der Waals surface area (Å²) in [7, 11) is -1.39. The van der Waals surface area contributed by atoms with Gasteiger partial charge in [-0.25, -0.2) is 0 Å². The standard InChI is InChI=1S/C5H3BrOS.C4H4BClO2S/c6-5-2-1-4(3-7)8-5;6-4-2-1-3(9-4)5(7)8/h1-3H;1-2,7-8H. The van der Waals surface area contributed by atoms with Gasteiger partial charge in [0.2, 0.25) is 0 Å². The molecule has 0 aromatic carbocycles. The Hall–Kier alpha value is -0.175. The van der Waals surface area contributed by atoms with Crippen LogP contribution in [0.4, 0.5) is 0 Å². The summed E-state index contributed by atoms with van der Waals surface area (Å²) in [5.41, 5.74) is 0. The van der Waals surface area contributed by atoms with Crippen molar-refractivity contribution in [2.75, 3.05) is 0 Å². The molecule has 0 spiro atoms. The second kappa shape index (κ2) is 7.30. The number of carbonyl (C=O) groups is 1. The monoisotopic (exact) mass is 352 g/mol. The summed E-state index contributed by atoms with van der Waals surface area (Å²) < 4.78 is 2.04. The van der Waals surface area contributed by atoms with Gasteiger partial charge in [-0.05, 0) is 34.1 Å². The third-order valence-electron chi connectivity index (χ3n) is 1.56. The Balaban J connectivity index is 0.000000171. The Bertz CT molecular complexity index is 486. The van der Waals surface area contributed by atoms with Crippen molar-refractivity contribution in [2.24, 2.45) is 0 Å². The fraction of sp³-hybridized carbons (Fsp3) is 0. The van der Waals surface area contributed by atoms with Crippen molar-refractivity contribution in [3.8, 4) is 0 Å². The molecule has 0 atom stereocenters. The fourth-order valence-electron chi connectivity index (χ4n) is 0.859. The lowest BCUT2D eigenvalue weighted by Gasteiger charge is -1.87. The van der Waals surface area contributed by atoms with Crippen LogP contribution in [0.2, 0.25) is 4.34 Å². The zero-order valence-corrected chi connectivity index (χ0v) is 12.3. The van der Waals surface area contributed by atoms with Crippen LogP contribution in [0, 0.1) is 0 Å². The van der Waals surface area contributed by atoms with Crippen molar-refractivity contribution >= 4 is 68.4 Å². The second-order valence-electron chi connectivity index (χ2n) is 2.78. The molecule has 2 N–H and O–H groups in total. The molecular formula is C9H7BBrClO3S2. The van der Waals surface area contributed by atoms with E-state index in [2.05, 4.69) is 15.9 Å². The molecule has 0 bridgehead atoms. The summed E-state index contributed by atoms with van der Waals surface area (Å²) in [6.45, 7) is 0. The number of halogens is 2. The SMILES string of the molecule is O=Cc1ccc(Br)s1.OB(O)c1ccc(Cl)s1. The maximum Gasteiger partial charge on any atom is 0.499 e.